The highest BCUT2D eigenvalue weighted by atomic mass is 19.4. The fourth-order valence-corrected chi connectivity index (χ4v) is 2.13. The van der Waals surface area contributed by atoms with Crippen molar-refractivity contribution < 1.29 is 13.2 Å². The van der Waals surface area contributed by atoms with Crippen molar-refractivity contribution in [1.29, 1.82) is 5.26 Å². The second kappa shape index (κ2) is 6.57. The molecule has 0 aliphatic carbocycles. The van der Waals surface area contributed by atoms with Gasteiger partial charge in [-0.1, -0.05) is 6.07 Å². The van der Waals surface area contributed by atoms with E-state index in [0.29, 0.717) is 11.3 Å². The number of hydrogen-bond acceptors (Lipinski definition) is 5. The molecule has 8 heteroatoms. The van der Waals surface area contributed by atoms with E-state index in [0.717, 1.165) is 12.1 Å². The number of nitriles is 1. The molecule has 1 N–H and O–H groups in total. The first-order valence-corrected chi connectivity index (χ1v) is 7.09. The lowest BCUT2D eigenvalue weighted by Gasteiger charge is -2.10. The number of nitrogens with zero attached hydrogens (tertiary/aromatic N) is 4. The molecular formula is C17H10F3N5. The molecule has 2 aromatic heterocycles. The van der Waals surface area contributed by atoms with Crippen LogP contribution in [0.4, 0.5) is 24.8 Å². The second-order valence-electron chi connectivity index (χ2n) is 5.01. The standard InChI is InChI=1S/C17H10F3N5/c18-17(19,20)12-2-1-3-13(9-12)24-16-23-7-5-15(25-16)11-4-6-22-14(8-11)10-21/h1-9H,(H,23,24,25). The summed E-state index contributed by atoms with van der Waals surface area (Å²) >= 11 is 0. The fraction of sp³-hybridized carbons (Fsp3) is 0.0588. The molecule has 3 rings (SSSR count). The number of alkyl halides is 3. The topological polar surface area (TPSA) is 74.5 Å². The molecule has 0 aliphatic rings. The quantitative estimate of drug-likeness (QED) is 0.774. The van der Waals surface area contributed by atoms with E-state index < -0.39 is 11.7 Å². The summed E-state index contributed by atoms with van der Waals surface area (Å²) in [4.78, 5) is 12.2. The lowest BCUT2D eigenvalue weighted by Crippen LogP contribution is -2.05. The molecule has 3 aromatic rings. The molecular weight excluding hydrogens is 331 g/mol. The van der Waals surface area contributed by atoms with Crippen LogP contribution in [0.25, 0.3) is 11.3 Å². The van der Waals surface area contributed by atoms with Crippen LogP contribution in [0.1, 0.15) is 11.3 Å². The van der Waals surface area contributed by atoms with Gasteiger partial charge in [0.05, 0.1) is 11.3 Å². The van der Waals surface area contributed by atoms with Gasteiger partial charge in [0, 0.05) is 23.6 Å². The minimum atomic E-state index is -4.43. The summed E-state index contributed by atoms with van der Waals surface area (Å²) in [5.41, 5.74) is 0.869. The number of pyridine rings is 1. The highest BCUT2D eigenvalue weighted by Gasteiger charge is 2.30. The maximum atomic E-state index is 12.8. The van der Waals surface area contributed by atoms with Crippen LogP contribution < -0.4 is 5.32 Å². The van der Waals surface area contributed by atoms with Gasteiger partial charge in [0.15, 0.2) is 0 Å². The van der Waals surface area contributed by atoms with Gasteiger partial charge in [-0.15, -0.1) is 0 Å². The highest BCUT2D eigenvalue weighted by Crippen LogP contribution is 2.31. The normalized spacial score (nSPS) is 11.0. The average Bonchev–Trinajstić information content (AvgIpc) is 2.61. The lowest BCUT2D eigenvalue weighted by molar-refractivity contribution is -0.137. The van der Waals surface area contributed by atoms with Crippen molar-refractivity contribution in [3.63, 3.8) is 0 Å². The van der Waals surface area contributed by atoms with Gasteiger partial charge in [0.25, 0.3) is 0 Å². The third-order valence-corrected chi connectivity index (χ3v) is 3.27. The summed E-state index contributed by atoms with van der Waals surface area (Å²) in [5.74, 6) is 0.146. The lowest BCUT2D eigenvalue weighted by atomic mass is 10.1. The monoisotopic (exact) mass is 341 g/mol. The first-order valence-electron chi connectivity index (χ1n) is 7.09. The molecule has 0 atom stereocenters. The molecule has 25 heavy (non-hydrogen) atoms. The summed E-state index contributed by atoms with van der Waals surface area (Å²) < 4.78 is 38.3. The van der Waals surface area contributed by atoms with Crippen molar-refractivity contribution in [1.82, 2.24) is 15.0 Å². The molecule has 0 aliphatic heterocycles. The predicted octanol–water partition coefficient (Wildman–Crippen LogP) is 4.17. The van der Waals surface area contributed by atoms with Crippen molar-refractivity contribution in [3.05, 3.63) is 66.1 Å². The first-order chi connectivity index (χ1) is 12.0. The van der Waals surface area contributed by atoms with E-state index in [1.165, 1.54) is 24.5 Å². The predicted molar refractivity (Wildman–Crippen MR) is 84.7 cm³/mol. The average molecular weight is 341 g/mol. The van der Waals surface area contributed by atoms with Gasteiger partial charge in [-0.05, 0) is 36.4 Å². The van der Waals surface area contributed by atoms with Gasteiger partial charge in [0.2, 0.25) is 5.95 Å². The van der Waals surface area contributed by atoms with Gasteiger partial charge in [-0.2, -0.15) is 18.4 Å². The van der Waals surface area contributed by atoms with E-state index in [9.17, 15) is 13.2 Å². The van der Waals surface area contributed by atoms with Gasteiger partial charge in [-0.3, -0.25) is 0 Å². The maximum absolute atomic E-state index is 12.8. The zero-order chi connectivity index (χ0) is 17.9. The Bertz CT molecular complexity index is 947. The van der Waals surface area contributed by atoms with Gasteiger partial charge in [0.1, 0.15) is 11.8 Å². The van der Waals surface area contributed by atoms with E-state index in [1.54, 1.807) is 18.2 Å². The highest BCUT2D eigenvalue weighted by molar-refractivity contribution is 5.63. The summed E-state index contributed by atoms with van der Waals surface area (Å²) in [5, 5.41) is 11.7. The minimum Gasteiger partial charge on any atom is -0.324 e. The Hall–Kier alpha value is -3.47. The van der Waals surface area contributed by atoms with Crippen LogP contribution in [-0.2, 0) is 6.18 Å². The van der Waals surface area contributed by atoms with Crippen LogP contribution in [0.15, 0.2) is 54.9 Å². The molecule has 0 saturated carbocycles. The van der Waals surface area contributed by atoms with Crippen molar-refractivity contribution in [2.24, 2.45) is 0 Å². The molecule has 0 fully saturated rings. The zero-order valence-electron chi connectivity index (χ0n) is 12.6. The van der Waals surface area contributed by atoms with E-state index in [-0.39, 0.29) is 17.3 Å². The third kappa shape index (κ3) is 3.90. The second-order valence-corrected chi connectivity index (χ2v) is 5.01. The number of halogens is 3. The number of hydrogen-bond donors (Lipinski definition) is 1. The van der Waals surface area contributed by atoms with Crippen LogP contribution >= 0.6 is 0 Å². The molecule has 0 amide bonds. The number of nitrogens with one attached hydrogen (secondary N) is 1. The Labute approximate surface area is 140 Å². The molecule has 1 aromatic carbocycles. The molecule has 0 saturated heterocycles. The molecule has 0 unspecified atom stereocenters. The molecule has 124 valence electrons. The number of benzene rings is 1. The van der Waals surface area contributed by atoms with Crippen molar-refractivity contribution in [2.75, 3.05) is 5.32 Å². The van der Waals surface area contributed by atoms with Crippen LogP contribution in [0.5, 0.6) is 0 Å². The van der Waals surface area contributed by atoms with Crippen LogP contribution in [-0.4, -0.2) is 15.0 Å². The van der Waals surface area contributed by atoms with Crippen molar-refractivity contribution in [2.45, 2.75) is 6.18 Å². The Morgan fingerprint density at radius 3 is 2.56 bits per heavy atom. The van der Waals surface area contributed by atoms with Crippen LogP contribution in [0.3, 0.4) is 0 Å². The van der Waals surface area contributed by atoms with Gasteiger partial charge < -0.3 is 5.32 Å². The number of aromatic nitrogens is 3. The van der Waals surface area contributed by atoms with Gasteiger partial charge >= 0.3 is 6.18 Å². The Morgan fingerprint density at radius 2 is 1.80 bits per heavy atom. The maximum Gasteiger partial charge on any atom is 0.416 e. The van der Waals surface area contributed by atoms with Crippen LogP contribution in [0, 0.1) is 11.3 Å². The zero-order valence-corrected chi connectivity index (χ0v) is 12.6. The smallest absolute Gasteiger partial charge is 0.324 e. The molecule has 0 spiro atoms. The van der Waals surface area contributed by atoms with Crippen molar-refractivity contribution in [3.8, 4) is 17.3 Å². The Balaban J connectivity index is 1.89. The largest absolute Gasteiger partial charge is 0.416 e. The Kier molecular flexibility index (Phi) is 4.31. The Morgan fingerprint density at radius 1 is 1.00 bits per heavy atom. The summed E-state index contributed by atoms with van der Waals surface area (Å²) in [6, 6.07) is 11.6. The number of anilines is 2. The fourth-order valence-electron chi connectivity index (χ4n) is 2.13. The van der Waals surface area contributed by atoms with Crippen LogP contribution in [0.2, 0.25) is 0 Å². The van der Waals surface area contributed by atoms with E-state index in [2.05, 4.69) is 20.3 Å². The SMILES string of the molecule is N#Cc1cc(-c2ccnc(Nc3cccc(C(F)(F)F)c3)n2)ccn1. The minimum absolute atomic E-state index is 0.146. The third-order valence-electron chi connectivity index (χ3n) is 3.27. The van der Waals surface area contributed by atoms with Gasteiger partial charge in [-0.25, -0.2) is 15.0 Å². The van der Waals surface area contributed by atoms with E-state index in [4.69, 9.17) is 5.26 Å². The first kappa shape index (κ1) is 16.4. The van der Waals surface area contributed by atoms with E-state index >= 15 is 0 Å². The molecule has 0 bridgehead atoms. The molecule has 5 nitrogen and oxygen atoms in total. The summed E-state index contributed by atoms with van der Waals surface area (Å²) in [6.07, 6.45) is -1.47. The molecule has 0 radical (unpaired) electrons. The summed E-state index contributed by atoms with van der Waals surface area (Å²) in [6.45, 7) is 0. The number of rotatable bonds is 3. The molecule has 2 heterocycles. The summed E-state index contributed by atoms with van der Waals surface area (Å²) in [7, 11) is 0. The van der Waals surface area contributed by atoms with Crippen molar-refractivity contribution >= 4 is 11.6 Å². The van der Waals surface area contributed by atoms with E-state index in [1.807, 2.05) is 6.07 Å².